The van der Waals surface area contributed by atoms with E-state index in [-0.39, 0.29) is 16.7 Å². The molecule has 0 saturated heterocycles. The standard InChI is InChI=1S/C11H8ClF3N4/c12-6-3-5(1-2-7(6)13)17-10-8(14)4-9(15)11(18-10)19-16/h1-4H,16H2,(H2,17,18,19). The summed E-state index contributed by atoms with van der Waals surface area (Å²) in [6.45, 7) is 0. The first-order valence-corrected chi connectivity index (χ1v) is 5.44. The van der Waals surface area contributed by atoms with Crippen molar-refractivity contribution >= 4 is 28.9 Å². The fraction of sp³-hybridized carbons (Fsp3) is 0. The molecule has 0 aliphatic heterocycles. The minimum atomic E-state index is -0.928. The minimum absolute atomic E-state index is 0.135. The number of nitrogen functional groups attached to an aromatic ring is 1. The summed E-state index contributed by atoms with van der Waals surface area (Å²) in [6.07, 6.45) is 0. The second-order valence-electron chi connectivity index (χ2n) is 3.55. The second kappa shape index (κ2) is 5.33. The van der Waals surface area contributed by atoms with Gasteiger partial charge in [0.1, 0.15) is 5.82 Å². The number of pyridine rings is 1. The number of nitrogens with one attached hydrogen (secondary N) is 2. The lowest BCUT2D eigenvalue weighted by molar-refractivity contribution is 0.579. The smallest absolute Gasteiger partial charge is 0.178 e. The molecule has 4 nitrogen and oxygen atoms in total. The molecule has 0 aliphatic rings. The highest BCUT2D eigenvalue weighted by Crippen LogP contribution is 2.25. The van der Waals surface area contributed by atoms with Gasteiger partial charge in [-0.15, -0.1) is 0 Å². The first kappa shape index (κ1) is 13.4. The molecule has 1 aromatic carbocycles. The molecule has 0 amide bonds. The minimum Gasteiger partial charge on any atom is -0.338 e. The van der Waals surface area contributed by atoms with Gasteiger partial charge in [0.2, 0.25) is 0 Å². The van der Waals surface area contributed by atoms with Crippen molar-refractivity contribution in [3.8, 4) is 0 Å². The summed E-state index contributed by atoms with van der Waals surface area (Å²) in [5.74, 6) is 1.99. The molecule has 0 fully saturated rings. The zero-order chi connectivity index (χ0) is 14.0. The average Bonchev–Trinajstić information content (AvgIpc) is 2.37. The first-order chi connectivity index (χ1) is 9.01. The molecule has 1 aromatic heterocycles. The van der Waals surface area contributed by atoms with Crippen LogP contribution in [0.25, 0.3) is 0 Å². The summed E-state index contributed by atoms with van der Waals surface area (Å²) in [5, 5.41) is 2.41. The van der Waals surface area contributed by atoms with Gasteiger partial charge in [-0.25, -0.2) is 24.0 Å². The summed E-state index contributed by atoms with van der Waals surface area (Å²) in [6, 6.07) is 4.31. The summed E-state index contributed by atoms with van der Waals surface area (Å²) >= 11 is 5.58. The molecule has 100 valence electrons. The quantitative estimate of drug-likeness (QED) is 0.599. The molecule has 0 bridgehead atoms. The average molecular weight is 289 g/mol. The number of halogens is 4. The van der Waals surface area contributed by atoms with Crippen molar-refractivity contribution in [2.75, 3.05) is 10.7 Å². The summed E-state index contributed by atoms with van der Waals surface area (Å²) in [7, 11) is 0. The fourth-order valence-electron chi connectivity index (χ4n) is 1.37. The van der Waals surface area contributed by atoms with Gasteiger partial charge < -0.3 is 10.7 Å². The fourth-order valence-corrected chi connectivity index (χ4v) is 1.55. The third-order valence-electron chi connectivity index (χ3n) is 2.25. The molecule has 0 aliphatic carbocycles. The number of anilines is 3. The van der Waals surface area contributed by atoms with E-state index in [1.54, 1.807) is 0 Å². The predicted molar refractivity (Wildman–Crippen MR) is 66.7 cm³/mol. The van der Waals surface area contributed by atoms with Crippen LogP contribution in [0.3, 0.4) is 0 Å². The SMILES string of the molecule is NNc1nc(Nc2ccc(F)c(Cl)c2)c(F)cc1F. The van der Waals surface area contributed by atoms with Gasteiger partial charge in [0.05, 0.1) is 5.02 Å². The zero-order valence-corrected chi connectivity index (χ0v) is 10.1. The number of nitrogens with two attached hydrogens (primary N) is 1. The molecule has 4 N–H and O–H groups in total. The third-order valence-corrected chi connectivity index (χ3v) is 2.54. The van der Waals surface area contributed by atoms with E-state index in [9.17, 15) is 13.2 Å². The molecule has 19 heavy (non-hydrogen) atoms. The number of aromatic nitrogens is 1. The molecule has 0 spiro atoms. The van der Waals surface area contributed by atoms with Gasteiger partial charge in [-0.2, -0.15) is 0 Å². The van der Waals surface area contributed by atoms with E-state index < -0.39 is 17.5 Å². The molecule has 0 radical (unpaired) electrons. The van der Waals surface area contributed by atoms with Crippen LogP contribution < -0.4 is 16.6 Å². The summed E-state index contributed by atoms with van der Waals surface area (Å²) in [5.41, 5.74) is 2.29. The molecule has 2 aromatic rings. The Kier molecular flexibility index (Phi) is 3.77. The Morgan fingerprint density at radius 2 is 1.68 bits per heavy atom. The number of hydrogen-bond donors (Lipinski definition) is 3. The summed E-state index contributed by atoms with van der Waals surface area (Å²) in [4.78, 5) is 3.60. The Morgan fingerprint density at radius 3 is 2.32 bits per heavy atom. The van der Waals surface area contributed by atoms with E-state index in [1.165, 1.54) is 12.1 Å². The van der Waals surface area contributed by atoms with Crippen molar-refractivity contribution in [3.63, 3.8) is 0 Å². The van der Waals surface area contributed by atoms with E-state index in [1.807, 2.05) is 5.43 Å². The van der Waals surface area contributed by atoms with Crippen molar-refractivity contribution in [2.24, 2.45) is 5.84 Å². The van der Waals surface area contributed by atoms with E-state index >= 15 is 0 Å². The van der Waals surface area contributed by atoms with Crippen LogP contribution in [0.4, 0.5) is 30.5 Å². The molecule has 0 saturated carbocycles. The Hall–Kier alpha value is -1.99. The predicted octanol–water partition coefficient (Wildman–Crippen LogP) is 3.18. The molecule has 0 unspecified atom stereocenters. The number of hydrazine groups is 1. The maximum absolute atomic E-state index is 13.5. The normalized spacial score (nSPS) is 10.4. The highest BCUT2D eigenvalue weighted by molar-refractivity contribution is 6.31. The van der Waals surface area contributed by atoms with Gasteiger partial charge in [0.15, 0.2) is 23.3 Å². The van der Waals surface area contributed by atoms with E-state index in [4.69, 9.17) is 17.4 Å². The molecule has 2 rings (SSSR count). The lowest BCUT2D eigenvalue weighted by Gasteiger charge is -2.09. The number of hydrogen-bond acceptors (Lipinski definition) is 4. The molecular formula is C11H8ClF3N4. The highest BCUT2D eigenvalue weighted by atomic mass is 35.5. The maximum Gasteiger partial charge on any atom is 0.178 e. The van der Waals surface area contributed by atoms with Gasteiger partial charge in [0, 0.05) is 11.8 Å². The van der Waals surface area contributed by atoms with Crippen molar-refractivity contribution in [3.05, 3.63) is 46.7 Å². The first-order valence-electron chi connectivity index (χ1n) is 5.06. The van der Waals surface area contributed by atoms with Crippen LogP contribution in [0.2, 0.25) is 5.02 Å². The molecule has 1 heterocycles. The molecule has 0 atom stereocenters. The topological polar surface area (TPSA) is 63.0 Å². The van der Waals surface area contributed by atoms with Gasteiger partial charge in [-0.05, 0) is 18.2 Å². The monoisotopic (exact) mass is 288 g/mol. The van der Waals surface area contributed by atoms with Crippen molar-refractivity contribution < 1.29 is 13.2 Å². The van der Waals surface area contributed by atoms with E-state index in [2.05, 4.69) is 10.3 Å². The van der Waals surface area contributed by atoms with Gasteiger partial charge in [-0.3, -0.25) is 0 Å². The van der Waals surface area contributed by atoms with Gasteiger partial charge in [0.25, 0.3) is 0 Å². The Labute approximate surface area is 111 Å². The second-order valence-corrected chi connectivity index (χ2v) is 3.95. The van der Waals surface area contributed by atoms with Crippen molar-refractivity contribution in [1.82, 2.24) is 4.98 Å². The Morgan fingerprint density at radius 1 is 1.00 bits per heavy atom. The maximum atomic E-state index is 13.5. The van der Waals surface area contributed by atoms with Crippen LogP contribution >= 0.6 is 11.6 Å². The Balaban J connectivity index is 2.34. The van der Waals surface area contributed by atoms with Gasteiger partial charge >= 0.3 is 0 Å². The van der Waals surface area contributed by atoms with Crippen LogP contribution in [0, 0.1) is 17.5 Å². The van der Waals surface area contributed by atoms with Crippen molar-refractivity contribution in [2.45, 2.75) is 0 Å². The molecule has 8 heteroatoms. The highest BCUT2D eigenvalue weighted by Gasteiger charge is 2.12. The Bertz CT molecular complexity index is 621. The van der Waals surface area contributed by atoms with Crippen LogP contribution in [0.5, 0.6) is 0 Å². The lowest BCUT2D eigenvalue weighted by atomic mass is 10.3. The molecular weight excluding hydrogens is 281 g/mol. The number of benzene rings is 1. The van der Waals surface area contributed by atoms with Gasteiger partial charge in [-0.1, -0.05) is 11.6 Å². The van der Waals surface area contributed by atoms with Crippen LogP contribution in [-0.2, 0) is 0 Å². The van der Waals surface area contributed by atoms with Crippen molar-refractivity contribution in [1.29, 1.82) is 0 Å². The van der Waals surface area contributed by atoms with Crippen LogP contribution in [0.15, 0.2) is 24.3 Å². The van der Waals surface area contributed by atoms with E-state index in [0.717, 1.165) is 6.07 Å². The number of nitrogens with zero attached hydrogens (tertiary/aromatic N) is 1. The largest absolute Gasteiger partial charge is 0.338 e. The number of rotatable bonds is 3. The van der Waals surface area contributed by atoms with E-state index in [0.29, 0.717) is 11.8 Å². The third kappa shape index (κ3) is 2.88. The summed E-state index contributed by atoms with van der Waals surface area (Å²) < 4.78 is 39.6. The van der Waals surface area contributed by atoms with Crippen LogP contribution in [0.1, 0.15) is 0 Å². The van der Waals surface area contributed by atoms with Crippen LogP contribution in [-0.4, -0.2) is 4.98 Å². The lowest BCUT2D eigenvalue weighted by Crippen LogP contribution is -2.12. The zero-order valence-electron chi connectivity index (χ0n) is 9.35.